The predicted octanol–water partition coefficient (Wildman–Crippen LogP) is 1.74. The van der Waals surface area contributed by atoms with Crippen molar-refractivity contribution in [2.24, 2.45) is 0 Å². The minimum Gasteiger partial charge on any atom is -0.312 e. The van der Waals surface area contributed by atoms with Gasteiger partial charge in [0.1, 0.15) is 0 Å². The number of amides is 1. The Hall–Kier alpha value is -1.51. The summed E-state index contributed by atoms with van der Waals surface area (Å²) in [6.45, 7) is 2.16. The zero-order valence-electron chi connectivity index (χ0n) is 7.41. The molecule has 0 unspecified atom stereocenters. The highest BCUT2D eigenvalue weighted by Crippen LogP contribution is 2.34. The van der Waals surface area contributed by atoms with Gasteiger partial charge in [-0.2, -0.15) is 0 Å². The quantitative estimate of drug-likeness (QED) is 0.593. The van der Waals surface area contributed by atoms with Crippen molar-refractivity contribution < 1.29 is 9.90 Å². The molecule has 0 N–H and O–H groups in total. The summed E-state index contributed by atoms with van der Waals surface area (Å²) in [5, 5.41) is 11.3. The Morgan fingerprint density at radius 1 is 1.46 bits per heavy atom. The monoisotopic (exact) mass is 176 g/mol. The first kappa shape index (κ1) is 8.10. The standard InChI is InChI=1S/C10H10NO2/c1-7(12)11-6-5-8-9(11)3-2-4-10(8)13/h2-4H,5-6H2,1H3. The van der Waals surface area contributed by atoms with Gasteiger partial charge in [-0.05, 0) is 18.6 Å². The number of benzene rings is 1. The van der Waals surface area contributed by atoms with Gasteiger partial charge in [-0.3, -0.25) is 9.90 Å². The summed E-state index contributed by atoms with van der Waals surface area (Å²) in [6, 6.07) is 5.07. The molecule has 67 valence electrons. The van der Waals surface area contributed by atoms with Crippen molar-refractivity contribution in [1.82, 2.24) is 0 Å². The number of carbonyl (C=O) groups excluding carboxylic acids is 1. The van der Waals surface area contributed by atoms with Crippen LogP contribution in [-0.2, 0) is 16.3 Å². The summed E-state index contributed by atoms with van der Waals surface area (Å²) in [5.74, 6) is 0.0469. The summed E-state index contributed by atoms with van der Waals surface area (Å²) >= 11 is 0. The maximum absolute atomic E-state index is 11.3. The molecule has 1 aromatic rings. The maximum Gasteiger partial charge on any atom is 0.223 e. The van der Waals surface area contributed by atoms with Crippen LogP contribution in [0.25, 0.3) is 0 Å². The van der Waals surface area contributed by atoms with Crippen LogP contribution >= 0.6 is 0 Å². The van der Waals surface area contributed by atoms with Crippen LogP contribution in [0.3, 0.4) is 0 Å². The van der Waals surface area contributed by atoms with Crippen molar-refractivity contribution in [3.8, 4) is 5.75 Å². The lowest BCUT2D eigenvalue weighted by atomic mass is 10.1. The average Bonchev–Trinajstić information content (AvgIpc) is 2.48. The molecule has 1 amide bonds. The third kappa shape index (κ3) is 1.16. The normalized spacial score (nSPS) is 14.4. The predicted molar refractivity (Wildman–Crippen MR) is 48.3 cm³/mol. The zero-order chi connectivity index (χ0) is 9.42. The first-order chi connectivity index (χ1) is 6.20. The van der Waals surface area contributed by atoms with E-state index in [4.69, 9.17) is 0 Å². The van der Waals surface area contributed by atoms with Gasteiger partial charge in [0.15, 0.2) is 5.75 Å². The zero-order valence-corrected chi connectivity index (χ0v) is 7.41. The summed E-state index contributed by atoms with van der Waals surface area (Å²) in [4.78, 5) is 12.8. The molecule has 2 rings (SSSR count). The fourth-order valence-electron chi connectivity index (χ4n) is 1.73. The van der Waals surface area contributed by atoms with Crippen molar-refractivity contribution in [3.63, 3.8) is 0 Å². The van der Waals surface area contributed by atoms with Gasteiger partial charge in [0.05, 0.1) is 5.69 Å². The van der Waals surface area contributed by atoms with Gasteiger partial charge in [0.25, 0.3) is 0 Å². The van der Waals surface area contributed by atoms with Crippen LogP contribution in [0.2, 0.25) is 0 Å². The first-order valence-corrected chi connectivity index (χ1v) is 4.27. The molecule has 1 aliphatic heterocycles. The Morgan fingerprint density at radius 3 is 2.92 bits per heavy atom. The Balaban J connectivity index is 2.49. The fourth-order valence-corrected chi connectivity index (χ4v) is 1.73. The van der Waals surface area contributed by atoms with Crippen LogP contribution < -0.4 is 4.90 Å². The SMILES string of the molecule is CC(=O)N1CCc2c([O])cccc21. The number of rotatable bonds is 0. The minimum absolute atomic E-state index is 0.00403. The molecule has 1 heterocycles. The molecule has 1 radical (unpaired) electrons. The minimum atomic E-state index is 0.00403. The molecule has 0 saturated carbocycles. The van der Waals surface area contributed by atoms with Crippen molar-refractivity contribution in [2.45, 2.75) is 13.3 Å². The molecule has 0 saturated heterocycles. The van der Waals surface area contributed by atoms with E-state index in [1.54, 1.807) is 17.0 Å². The van der Waals surface area contributed by atoms with Crippen LogP contribution in [0, 0.1) is 0 Å². The number of fused-ring (bicyclic) bond motifs is 1. The Bertz CT molecular complexity index is 360. The number of hydrogen-bond donors (Lipinski definition) is 0. The third-order valence-electron chi connectivity index (χ3n) is 2.36. The van der Waals surface area contributed by atoms with Crippen molar-refractivity contribution in [2.75, 3.05) is 11.4 Å². The number of nitrogens with zero attached hydrogens (tertiary/aromatic N) is 1. The summed E-state index contributed by atoms with van der Waals surface area (Å²) < 4.78 is 0. The van der Waals surface area contributed by atoms with Crippen molar-refractivity contribution >= 4 is 11.6 Å². The van der Waals surface area contributed by atoms with E-state index in [-0.39, 0.29) is 11.7 Å². The largest absolute Gasteiger partial charge is 0.312 e. The fraction of sp³-hybridized carbons (Fsp3) is 0.300. The van der Waals surface area contributed by atoms with Crippen LogP contribution in [0.4, 0.5) is 5.69 Å². The molecule has 3 nitrogen and oxygen atoms in total. The Morgan fingerprint density at radius 2 is 2.23 bits per heavy atom. The summed E-state index contributed by atoms with van der Waals surface area (Å²) in [6.07, 6.45) is 0.689. The van der Waals surface area contributed by atoms with E-state index in [1.807, 2.05) is 6.07 Å². The number of anilines is 1. The smallest absolute Gasteiger partial charge is 0.223 e. The van der Waals surface area contributed by atoms with E-state index in [2.05, 4.69) is 0 Å². The van der Waals surface area contributed by atoms with Gasteiger partial charge in [0, 0.05) is 19.0 Å². The van der Waals surface area contributed by atoms with Crippen LogP contribution in [-0.4, -0.2) is 12.5 Å². The van der Waals surface area contributed by atoms with Gasteiger partial charge in [-0.15, -0.1) is 0 Å². The van der Waals surface area contributed by atoms with Gasteiger partial charge < -0.3 is 4.90 Å². The highest BCUT2D eigenvalue weighted by Gasteiger charge is 2.24. The average molecular weight is 176 g/mol. The molecule has 13 heavy (non-hydrogen) atoms. The van der Waals surface area contributed by atoms with E-state index in [0.717, 1.165) is 11.3 Å². The lowest BCUT2D eigenvalue weighted by Gasteiger charge is -2.13. The first-order valence-electron chi connectivity index (χ1n) is 4.27. The van der Waals surface area contributed by atoms with Crippen molar-refractivity contribution in [1.29, 1.82) is 0 Å². The van der Waals surface area contributed by atoms with E-state index >= 15 is 0 Å². The van der Waals surface area contributed by atoms with E-state index in [1.165, 1.54) is 6.92 Å². The van der Waals surface area contributed by atoms with Gasteiger partial charge in [0.2, 0.25) is 5.91 Å². The molecule has 0 bridgehead atoms. The molecule has 1 aromatic carbocycles. The third-order valence-corrected chi connectivity index (χ3v) is 2.36. The van der Waals surface area contributed by atoms with E-state index < -0.39 is 0 Å². The van der Waals surface area contributed by atoms with Gasteiger partial charge >= 0.3 is 0 Å². The molecular weight excluding hydrogens is 166 g/mol. The molecule has 0 fully saturated rings. The lowest BCUT2D eigenvalue weighted by molar-refractivity contribution is -0.116. The topological polar surface area (TPSA) is 40.2 Å². The second-order valence-electron chi connectivity index (χ2n) is 3.17. The summed E-state index contributed by atoms with van der Waals surface area (Å²) in [5.41, 5.74) is 1.57. The van der Waals surface area contributed by atoms with Crippen LogP contribution in [0.5, 0.6) is 5.75 Å². The Kier molecular flexibility index (Phi) is 1.72. The molecule has 0 atom stereocenters. The molecule has 0 aromatic heterocycles. The molecule has 3 heteroatoms. The Labute approximate surface area is 76.6 Å². The van der Waals surface area contributed by atoms with E-state index in [9.17, 15) is 9.90 Å². The number of hydrogen-bond acceptors (Lipinski definition) is 1. The van der Waals surface area contributed by atoms with Crippen LogP contribution in [0.15, 0.2) is 18.2 Å². The molecule has 0 spiro atoms. The van der Waals surface area contributed by atoms with Gasteiger partial charge in [-0.25, -0.2) is 0 Å². The number of carbonyl (C=O) groups is 1. The second kappa shape index (κ2) is 2.76. The highest BCUT2D eigenvalue weighted by atomic mass is 16.3. The highest BCUT2D eigenvalue weighted by molar-refractivity contribution is 5.94. The second-order valence-corrected chi connectivity index (χ2v) is 3.17. The lowest BCUT2D eigenvalue weighted by Crippen LogP contribution is -2.25. The van der Waals surface area contributed by atoms with E-state index in [0.29, 0.717) is 13.0 Å². The van der Waals surface area contributed by atoms with Crippen LogP contribution in [0.1, 0.15) is 12.5 Å². The van der Waals surface area contributed by atoms with Crippen molar-refractivity contribution in [3.05, 3.63) is 23.8 Å². The molecule has 1 aliphatic rings. The maximum atomic E-state index is 11.3. The molecular formula is C10H10NO2. The van der Waals surface area contributed by atoms with Gasteiger partial charge in [-0.1, -0.05) is 6.07 Å². The summed E-state index contributed by atoms with van der Waals surface area (Å²) in [7, 11) is 0. The molecule has 0 aliphatic carbocycles.